The molecule has 1 aromatic rings. The Bertz CT molecular complexity index is 391. The van der Waals surface area contributed by atoms with Crippen LogP contribution in [0.2, 0.25) is 0 Å². The van der Waals surface area contributed by atoms with Crippen molar-refractivity contribution in [1.29, 1.82) is 0 Å². The Kier molecular flexibility index (Phi) is 4.95. The van der Waals surface area contributed by atoms with Crippen LogP contribution in [0.15, 0.2) is 12.1 Å². The molecule has 0 atom stereocenters. The lowest BCUT2D eigenvalue weighted by molar-refractivity contribution is -0.137. The average molecular weight is 263 g/mol. The highest BCUT2D eigenvalue weighted by Gasteiger charge is 2.31. The van der Waals surface area contributed by atoms with E-state index in [1.54, 1.807) is 0 Å². The van der Waals surface area contributed by atoms with Gasteiger partial charge in [-0.3, -0.25) is 0 Å². The van der Waals surface area contributed by atoms with Gasteiger partial charge < -0.3 is 9.47 Å². The van der Waals surface area contributed by atoms with E-state index < -0.39 is 11.7 Å². The summed E-state index contributed by atoms with van der Waals surface area (Å²) < 4.78 is 48.0. The molecule has 0 aliphatic carbocycles. The summed E-state index contributed by atoms with van der Waals surface area (Å²) in [6, 6.07) is 1.87. The highest BCUT2D eigenvalue weighted by atomic mass is 19.4. The number of aryl methyl sites for hydroxylation is 1. The smallest absolute Gasteiger partial charge is 0.416 e. The summed E-state index contributed by atoms with van der Waals surface area (Å²) in [4.78, 5) is 3.89. The van der Waals surface area contributed by atoms with Crippen molar-refractivity contribution in [2.75, 3.05) is 13.2 Å². The quantitative estimate of drug-likeness (QED) is 0.764. The van der Waals surface area contributed by atoms with Crippen molar-refractivity contribution in [3.8, 4) is 5.88 Å². The van der Waals surface area contributed by atoms with Crippen molar-refractivity contribution in [2.45, 2.75) is 33.1 Å². The number of aromatic nitrogens is 1. The predicted molar refractivity (Wildman–Crippen MR) is 60.6 cm³/mol. The van der Waals surface area contributed by atoms with Gasteiger partial charge in [0.2, 0.25) is 5.88 Å². The summed E-state index contributed by atoms with van der Waals surface area (Å²) in [5.74, 6) is -0.0327. The molecule has 0 radical (unpaired) electrons. The number of nitrogens with zero attached hydrogens (tertiary/aromatic N) is 1. The molecular formula is C12H16F3NO2. The van der Waals surface area contributed by atoms with Crippen molar-refractivity contribution < 1.29 is 22.6 Å². The lowest BCUT2D eigenvalue weighted by atomic mass is 10.2. The standard InChI is InChI=1S/C12H16F3NO2/c1-8(2)17-4-5-18-11-7-10(12(13,14)15)6-9(3)16-11/h6-8H,4-5H2,1-3H3. The van der Waals surface area contributed by atoms with E-state index in [2.05, 4.69) is 4.98 Å². The van der Waals surface area contributed by atoms with Gasteiger partial charge in [0.1, 0.15) is 6.61 Å². The molecule has 0 aromatic carbocycles. The monoisotopic (exact) mass is 263 g/mol. The van der Waals surface area contributed by atoms with Gasteiger partial charge in [-0.1, -0.05) is 0 Å². The Balaban J connectivity index is 2.63. The van der Waals surface area contributed by atoms with Crippen LogP contribution in [0.4, 0.5) is 13.2 Å². The Morgan fingerprint density at radius 1 is 1.22 bits per heavy atom. The first-order chi connectivity index (χ1) is 8.29. The molecule has 1 rings (SSSR count). The molecule has 0 bridgehead atoms. The maximum Gasteiger partial charge on any atom is 0.416 e. The van der Waals surface area contributed by atoms with Crippen molar-refractivity contribution in [2.24, 2.45) is 0 Å². The average Bonchev–Trinajstić information content (AvgIpc) is 2.22. The number of ether oxygens (including phenoxy) is 2. The first kappa shape index (κ1) is 14.8. The first-order valence-corrected chi connectivity index (χ1v) is 5.59. The van der Waals surface area contributed by atoms with E-state index >= 15 is 0 Å². The third-order valence-electron chi connectivity index (χ3n) is 2.04. The minimum atomic E-state index is -4.39. The molecule has 0 saturated carbocycles. The summed E-state index contributed by atoms with van der Waals surface area (Å²) in [5.41, 5.74) is -0.487. The fourth-order valence-electron chi connectivity index (χ4n) is 1.31. The second-order valence-electron chi connectivity index (χ2n) is 4.10. The van der Waals surface area contributed by atoms with E-state index in [4.69, 9.17) is 9.47 Å². The number of pyridine rings is 1. The number of hydrogen-bond acceptors (Lipinski definition) is 3. The van der Waals surface area contributed by atoms with Crippen LogP contribution in [0.5, 0.6) is 5.88 Å². The van der Waals surface area contributed by atoms with E-state index in [9.17, 15) is 13.2 Å². The third kappa shape index (κ3) is 4.91. The maximum atomic E-state index is 12.5. The van der Waals surface area contributed by atoms with Crippen molar-refractivity contribution >= 4 is 0 Å². The fraction of sp³-hybridized carbons (Fsp3) is 0.583. The molecule has 1 aromatic heterocycles. The fourth-order valence-corrected chi connectivity index (χ4v) is 1.31. The molecular weight excluding hydrogens is 247 g/mol. The molecule has 0 spiro atoms. The summed E-state index contributed by atoms with van der Waals surface area (Å²) in [6.07, 6.45) is -4.33. The minimum absolute atomic E-state index is 0.0327. The van der Waals surface area contributed by atoms with Gasteiger partial charge in [-0.05, 0) is 26.8 Å². The van der Waals surface area contributed by atoms with E-state index in [-0.39, 0.29) is 24.3 Å². The van der Waals surface area contributed by atoms with Gasteiger partial charge >= 0.3 is 6.18 Å². The van der Waals surface area contributed by atoms with Crippen molar-refractivity contribution in [3.05, 3.63) is 23.4 Å². The summed E-state index contributed by atoms with van der Waals surface area (Å²) in [6.45, 7) is 5.71. The Hall–Kier alpha value is -1.30. The molecule has 18 heavy (non-hydrogen) atoms. The van der Waals surface area contributed by atoms with Crippen LogP contribution in [0, 0.1) is 6.92 Å². The number of alkyl halides is 3. The second kappa shape index (κ2) is 6.04. The van der Waals surface area contributed by atoms with Gasteiger partial charge in [-0.2, -0.15) is 13.2 Å². The lowest BCUT2D eigenvalue weighted by Gasteiger charge is -2.11. The molecule has 0 amide bonds. The van der Waals surface area contributed by atoms with Crippen LogP contribution in [0.3, 0.4) is 0 Å². The van der Waals surface area contributed by atoms with Crippen molar-refractivity contribution in [1.82, 2.24) is 4.98 Å². The summed E-state index contributed by atoms with van der Waals surface area (Å²) in [7, 11) is 0. The normalized spacial score (nSPS) is 11.9. The molecule has 0 unspecified atom stereocenters. The molecule has 1 heterocycles. The Morgan fingerprint density at radius 3 is 2.44 bits per heavy atom. The largest absolute Gasteiger partial charge is 0.475 e. The van der Waals surface area contributed by atoms with Gasteiger partial charge in [0.05, 0.1) is 18.3 Å². The highest BCUT2D eigenvalue weighted by molar-refractivity contribution is 5.26. The zero-order valence-electron chi connectivity index (χ0n) is 10.5. The highest BCUT2D eigenvalue weighted by Crippen LogP contribution is 2.31. The predicted octanol–water partition coefficient (Wildman–Crippen LogP) is 3.21. The molecule has 0 aliphatic heterocycles. The maximum absolute atomic E-state index is 12.5. The topological polar surface area (TPSA) is 31.4 Å². The van der Waals surface area contributed by atoms with Gasteiger partial charge in [0.25, 0.3) is 0 Å². The molecule has 0 saturated heterocycles. The summed E-state index contributed by atoms with van der Waals surface area (Å²) >= 11 is 0. The summed E-state index contributed by atoms with van der Waals surface area (Å²) in [5, 5.41) is 0. The SMILES string of the molecule is Cc1cc(C(F)(F)F)cc(OCCOC(C)C)n1. The van der Waals surface area contributed by atoms with E-state index in [1.165, 1.54) is 6.92 Å². The number of hydrogen-bond donors (Lipinski definition) is 0. The van der Waals surface area contributed by atoms with Crippen LogP contribution in [0.1, 0.15) is 25.1 Å². The molecule has 6 heteroatoms. The van der Waals surface area contributed by atoms with Crippen LogP contribution in [-0.2, 0) is 10.9 Å². The zero-order valence-corrected chi connectivity index (χ0v) is 10.5. The third-order valence-corrected chi connectivity index (χ3v) is 2.04. The Morgan fingerprint density at radius 2 is 1.89 bits per heavy atom. The van der Waals surface area contributed by atoms with Crippen LogP contribution in [-0.4, -0.2) is 24.3 Å². The molecule has 0 aliphatic rings. The minimum Gasteiger partial charge on any atom is -0.475 e. The van der Waals surface area contributed by atoms with Crippen molar-refractivity contribution in [3.63, 3.8) is 0 Å². The first-order valence-electron chi connectivity index (χ1n) is 5.59. The van der Waals surface area contributed by atoms with E-state index in [1.807, 2.05) is 13.8 Å². The van der Waals surface area contributed by atoms with Gasteiger partial charge in [-0.15, -0.1) is 0 Å². The number of rotatable bonds is 5. The van der Waals surface area contributed by atoms with Crippen LogP contribution in [0.25, 0.3) is 0 Å². The molecule has 0 N–H and O–H groups in total. The number of halogens is 3. The van der Waals surface area contributed by atoms with Gasteiger partial charge in [0, 0.05) is 11.8 Å². The lowest BCUT2D eigenvalue weighted by Crippen LogP contribution is -2.13. The molecule has 3 nitrogen and oxygen atoms in total. The van der Waals surface area contributed by atoms with Crippen LogP contribution >= 0.6 is 0 Å². The van der Waals surface area contributed by atoms with E-state index in [0.717, 1.165) is 12.1 Å². The Labute approximate surface area is 104 Å². The zero-order chi connectivity index (χ0) is 13.8. The molecule has 102 valence electrons. The van der Waals surface area contributed by atoms with Crippen LogP contribution < -0.4 is 4.74 Å². The van der Waals surface area contributed by atoms with E-state index in [0.29, 0.717) is 6.61 Å². The van der Waals surface area contributed by atoms with Gasteiger partial charge in [-0.25, -0.2) is 4.98 Å². The molecule has 0 fully saturated rings. The van der Waals surface area contributed by atoms with Gasteiger partial charge in [0.15, 0.2) is 0 Å². The second-order valence-corrected chi connectivity index (χ2v) is 4.10.